The smallest absolute Gasteiger partial charge is 0.230 e. The SMILES string of the molecule is CSCC(=O)NCc1cccnc1N1CCCCCCC1. The van der Waals surface area contributed by atoms with Crippen LogP contribution in [0.2, 0.25) is 0 Å². The van der Waals surface area contributed by atoms with Gasteiger partial charge in [-0.15, -0.1) is 0 Å². The maximum atomic E-state index is 11.6. The first-order valence-electron chi connectivity index (χ1n) is 7.75. The van der Waals surface area contributed by atoms with Crippen LogP contribution in [0.4, 0.5) is 5.82 Å². The first-order chi connectivity index (χ1) is 10.3. The lowest BCUT2D eigenvalue weighted by Gasteiger charge is -2.27. The van der Waals surface area contributed by atoms with Crippen molar-refractivity contribution in [3.8, 4) is 0 Å². The lowest BCUT2D eigenvalue weighted by atomic mass is 10.1. The molecule has 0 spiro atoms. The average molecular weight is 307 g/mol. The van der Waals surface area contributed by atoms with Gasteiger partial charge in [-0.05, 0) is 25.2 Å². The number of hydrogen-bond donors (Lipinski definition) is 1. The zero-order valence-electron chi connectivity index (χ0n) is 12.8. The Labute approximate surface area is 131 Å². The Morgan fingerprint density at radius 2 is 2.00 bits per heavy atom. The van der Waals surface area contributed by atoms with Gasteiger partial charge in [-0.25, -0.2) is 4.98 Å². The highest BCUT2D eigenvalue weighted by atomic mass is 32.2. The fourth-order valence-electron chi connectivity index (χ4n) is 2.69. The summed E-state index contributed by atoms with van der Waals surface area (Å²) in [6, 6.07) is 4.02. The molecule has 1 saturated heterocycles. The van der Waals surface area contributed by atoms with Crippen molar-refractivity contribution < 1.29 is 4.79 Å². The molecule has 1 aliphatic rings. The van der Waals surface area contributed by atoms with Crippen LogP contribution >= 0.6 is 11.8 Å². The maximum Gasteiger partial charge on any atom is 0.230 e. The minimum Gasteiger partial charge on any atom is -0.356 e. The topological polar surface area (TPSA) is 45.2 Å². The molecule has 0 saturated carbocycles. The van der Waals surface area contributed by atoms with Gasteiger partial charge in [-0.1, -0.05) is 25.3 Å². The van der Waals surface area contributed by atoms with Gasteiger partial charge in [0.1, 0.15) is 5.82 Å². The van der Waals surface area contributed by atoms with Gasteiger partial charge in [0.2, 0.25) is 5.91 Å². The lowest BCUT2D eigenvalue weighted by Crippen LogP contribution is -2.31. The van der Waals surface area contributed by atoms with Crippen LogP contribution in [0.3, 0.4) is 0 Å². The molecule has 1 aromatic rings. The molecule has 2 heterocycles. The summed E-state index contributed by atoms with van der Waals surface area (Å²) in [5.41, 5.74) is 1.12. The van der Waals surface area contributed by atoms with Gasteiger partial charge in [0.05, 0.1) is 5.75 Å². The summed E-state index contributed by atoms with van der Waals surface area (Å²) >= 11 is 1.54. The summed E-state index contributed by atoms with van der Waals surface area (Å²) in [4.78, 5) is 18.6. The number of nitrogens with zero attached hydrogens (tertiary/aromatic N) is 2. The van der Waals surface area contributed by atoms with Gasteiger partial charge in [0.25, 0.3) is 0 Å². The van der Waals surface area contributed by atoms with Crippen molar-refractivity contribution in [2.75, 3.05) is 30.0 Å². The Morgan fingerprint density at radius 1 is 1.29 bits per heavy atom. The van der Waals surface area contributed by atoms with Crippen LogP contribution in [-0.2, 0) is 11.3 Å². The first-order valence-corrected chi connectivity index (χ1v) is 9.15. The number of hydrogen-bond acceptors (Lipinski definition) is 4. The minimum atomic E-state index is 0.0879. The Hall–Kier alpha value is -1.23. The number of thioether (sulfide) groups is 1. The monoisotopic (exact) mass is 307 g/mol. The van der Waals surface area contributed by atoms with Crippen LogP contribution in [0.25, 0.3) is 0 Å². The fourth-order valence-corrected chi connectivity index (χ4v) is 3.05. The Balaban J connectivity index is 2.02. The normalized spacial score (nSPS) is 16.1. The van der Waals surface area contributed by atoms with E-state index in [-0.39, 0.29) is 5.91 Å². The van der Waals surface area contributed by atoms with Gasteiger partial charge in [-0.3, -0.25) is 4.79 Å². The fraction of sp³-hybridized carbons (Fsp3) is 0.625. The van der Waals surface area contributed by atoms with Gasteiger partial charge < -0.3 is 10.2 Å². The molecule has 1 amide bonds. The molecule has 0 atom stereocenters. The molecule has 1 aliphatic heterocycles. The standard InChI is InChI=1S/C16H25N3OS/c1-21-13-15(20)18-12-14-8-7-9-17-16(14)19-10-5-3-2-4-6-11-19/h7-9H,2-6,10-13H2,1H3,(H,18,20). The third-order valence-corrected chi connectivity index (χ3v) is 4.33. The third kappa shape index (κ3) is 5.23. The highest BCUT2D eigenvalue weighted by Crippen LogP contribution is 2.21. The van der Waals surface area contributed by atoms with Gasteiger partial charge in [0.15, 0.2) is 0 Å². The Kier molecular flexibility index (Phi) is 6.86. The number of pyridine rings is 1. The zero-order valence-corrected chi connectivity index (χ0v) is 13.6. The lowest BCUT2D eigenvalue weighted by molar-refractivity contribution is -0.118. The summed E-state index contributed by atoms with van der Waals surface area (Å²) in [7, 11) is 0. The van der Waals surface area contributed by atoms with Crippen LogP contribution < -0.4 is 10.2 Å². The molecule has 0 aromatic carbocycles. The van der Waals surface area contributed by atoms with E-state index in [2.05, 4.69) is 21.3 Å². The van der Waals surface area contributed by atoms with Crippen LogP contribution in [-0.4, -0.2) is 36.0 Å². The van der Waals surface area contributed by atoms with E-state index >= 15 is 0 Å². The molecule has 0 bridgehead atoms. The average Bonchev–Trinajstić information content (AvgIpc) is 2.46. The molecule has 0 unspecified atom stereocenters. The van der Waals surface area contributed by atoms with Crippen molar-refractivity contribution in [2.24, 2.45) is 0 Å². The van der Waals surface area contributed by atoms with Gasteiger partial charge in [-0.2, -0.15) is 11.8 Å². The minimum absolute atomic E-state index is 0.0879. The van der Waals surface area contributed by atoms with Crippen molar-refractivity contribution in [3.05, 3.63) is 23.9 Å². The predicted octanol–water partition coefficient (Wildman–Crippen LogP) is 2.83. The number of rotatable bonds is 5. The number of nitrogens with one attached hydrogen (secondary N) is 1. The summed E-state index contributed by atoms with van der Waals surface area (Å²) in [6.45, 7) is 2.71. The zero-order chi connectivity index (χ0) is 14.9. The molecule has 0 radical (unpaired) electrons. The summed E-state index contributed by atoms with van der Waals surface area (Å²) in [5, 5.41) is 2.98. The van der Waals surface area contributed by atoms with Gasteiger partial charge >= 0.3 is 0 Å². The number of anilines is 1. The summed E-state index contributed by atoms with van der Waals surface area (Å²) < 4.78 is 0. The number of carbonyl (C=O) groups excluding carboxylic acids is 1. The second kappa shape index (κ2) is 8.93. The molecular weight excluding hydrogens is 282 g/mol. The number of aromatic nitrogens is 1. The van der Waals surface area contributed by atoms with Crippen molar-refractivity contribution in [2.45, 2.75) is 38.6 Å². The van der Waals surface area contributed by atoms with Gasteiger partial charge in [0, 0.05) is 31.4 Å². The third-order valence-electron chi connectivity index (χ3n) is 3.77. The largest absolute Gasteiger partial charge is 0.356 e. The van der Waals surface area contributed by atoms with E-state index in [0.717, 1.165) is 24.5 Å². The first kappa shape index (κ1) is 16.1. The van der Waals surface area contributed by atoms with Crippen molar-refractivity contribution >= 4 is 23.5 Å². The second-order valence-corrected chi connectivity index (χ2v) is 6.32. The Morgan fingerprint density at radius 3 is 2.71 bits per heavy atom. The quantitative estimate of drug-likeness (QED) is 0.908. The second-order valence-electron chi connectivity index (χ2n) is 5.45. The maximum absolute atomic E-state index is 11.6. The van der Waals surface area contributed by atoms with E-state index in [4.69, 9.17) is 0 Å². The van der Waals surface area contributed by atoms with E-state index in [1.165, 1.54) is 32.1 Å². The molecule has 21 heavy (non-hydrogen) atoms. The van der Waals surface area contributed by atoms with Crippen molar-refractivity contribution in [1.82, 2.24) is 10.3 Å². The molecular formula is C16H25N3OS. The van der Waals surface area contributed by atoms with E-state index in [0.29, 0.717) is 12.3 Å². The molecule has 1 N–H and O–H groups in total. The Bertz CT molecular complexity index is 445. The van der Waals surface area contributed by atoms with Crippen LogP contribution in [0.1, 0.15) is 37.7 Å². The van der Waals surface area contributed by atoms with Crippen LogP contribution in [0, 0.1) is 0 Å². The molecule has 1 aromatic heterocycles. The van der Waals surface area contributed by atoms with Crippen molar-refractivity contribution in [1.29, 1.82) is 0 Å². The molecule has 5 heteroatoms. The summed E-state index contributed by atoms with van der Waals surface area (Å²) in [5.74, 6) is 1.65. The highest BCUT2D eigenvalue weighted by Gasteiger charge is 2.14. The van der Waals surface area contributed by atoms with E-state index in [1.54, 1.807) is 11.8 Å². The predicted molar refractivity (Wildman–Crippen MR) is 89.8 cm³/mol. The van der Waals surface area contributed by atoms with Crippen molar-refractivity contribution in [3.63, 3.8) is 0 Å². The molecule has 0 aliphatic carbocycles. The van der Waals surface area contributed by atoms with Crippen LogP contribution in [0.15, 0.2) is 18.3 Å². The van der Waals surface area contributed by atoms with E-state index < -0.39 is 0 Å². The molecule has 2 rings (SSSR count). The summed E-state index contributed by atoms with van der Waals surface area (Å²) in [6.07, 6.45) is 10.2. The number of carbonyl (C=O) groups is 1. The van der Waals surface area contributed by atoms with E-state index in [1.807, 2.05) is 18.5 Å². The molecule has 4 nitrogen and oxygen atoms in total. The molecule has 1 fully saturated rings. The van der Waals surface area contributed by atoms with E-state index in [9.17, 15) is 4.79 Å². The highest BCUT2D eigenvalue weighted by molar-refractivity contribution is 7.99. The van der Waals surface area contributed by atoms with Crippen LogP contribution in [0.5, 0.6) is 0 Å². The number of amides is 1. The molecule has 116 valence electrons.